The van der Waals surface area contributed by atoms with E-state index in [4.69, 9.17) is 16.2 Å². The van der Waals surface area contributed by atoms with Crippen molar-refractivity contribution in [3.05, 3.63) is 59.2 Å². The number of aryl methyl sites for hydroxylation is 1. The summed E-state index contributed by atoms with van der Waals surface area (Å²) in [5.74, 6) is -0.893. The first-order chi connectivity index (χ1) is 14.2. The molecule has 0 fully saturated rings. The van der Waals surface area contributed by atoms with Crippen molar-refractivity contribution in [1.29, 1.82) is 0 Å². The van der Waals surface area contributed by atoms with Crippen molar-refractivity contribution in [3.63, 3.8) is 0 Å². The number of rotatable bonds is 9. The number of ether oxygens (including phenoxy) is 1. The molecule has 8 nitrogen and oxygen atoms in total. The van der Waals surface area contributed by atoms with Crippen LogP contribution in [0, 0.1) is 6.92 Å². The van der Waals surface area contributed by atoms with E-state index < -0.39 is 23.8 Å². The molecule has 1 unspecified atom stereocenters. The predicted octanol–water partition coefficient (Wildman–Crippen LogP) is 1.31. The molecule has 0 radical (unpaired) electrons. The number of hydrogen-bond acceptors (Lipinski definition) is 5. The van der Waals surface area contributed by atoms with Gasteiger partial charge in [-0.05, 0) is 62.2 Å². The van der Waals surface area contributed by atoms with Crippen LogP contribution in [0.5, 0.6) is 5.75 Å². The van der Waals surface area contributed by atoms with Crippen LogP contribution in [-0.2, 0) is 16.0 Å². The van der Waals surface area contributed by atoms with E-state index in [1.54, 1.807) is 42.5 Å². The molecule has 0 heterocycles. The summed E-state index contributed by atoms with van der Waals surface area (Å²) in [4.78, 5) is 36.3. The summed E-state index contributed by atoms with van der Waals surface area (Å²) in [5, 5.41) is 5.17. The van der Waals surface area contributed by atoms with Crippen molar-refractivity contribution >= 4 is 23.4 Å². The lowest BCUT2D eigenvalue weighted by Crippen LogP contribution is -2.49. The fourth-order valence-electron chi connectivity index (χ4n) is 2.81. The van der Waals surface area contributed by atoms with Crippen LogP contribution < -0.4 is 26.8 Å². The minimum absolute atomic E-state index is 0.0154. The van der Waals surface area contributed by atoms with Gasteiger partial charge in [0.2, 0.25) is 11.8 Å². The smallest absolute Gasteiger partial charge is 0.251 e. The van der Waals surface area contributed by atoms with Gasteiger partial charge in [-0.25, -0.2) is 0 Å². The Morgan fingerprint density at radius 1 is 1.07 bits per heavy atom. The van der Waals surface area contributed by atoms with Crippen molar-refractivity contribution < 1.29 is 19.1 Å². The Bertz CT molecular complexity index is 910. The molecule has 0 aliphatic heterocycles. The Kier molecular flexibility index (Phi) is 7.80. The lowest BCUT2D eigenvalue weighted by Gasteiger charge is -2.19. The summed E-state index contributed by atoms with van der Waals surface area (Å²) < 4.78 is 5.69. The zero-order valence-electron chi connectivity index (χ0n) is 17.4. The minimum atomic E-state index is -0.896. The molecule has 8 heteroatoms. The summed E-state index contributed by atoms with van der Waals surface area (Å²) in [7, 11) is 0. The van der Waals surface area contributed by atoms with E-state index in [0.29, 0.717) is 17.0 Å². The highest BCUT2D eigenvalue weighted by molar-refractivity contribution is 5.98. The van der Waals surface area contributed by atoms with E-state index in [0.717, 1.165) is 11.1 Å². The normalized spacial score (nSPS) is 11.6. The molecule has 0 saturated heterocycles. The molecule has 0 saturated carbocycles. The van der Waals surface area contributed by atoms with E-state index >= 15 is 0 Å². The van der Waals surface area contributed by atoms with Crippen LogP contribution in [-0.4, -0.2) is 36.4 Å². The molecule has 160 valence electrons. The number of carbonyl (C=O) groups excluding carboxylic acids is 3. The predicted molar refractivity (Wildman–Crippen MR) is 115 cm³/mol. The van der Waals surface area contributed by atoms with Crippen LogP contribution in [0.25, 0.3) is 0 Å². The Balaban J connectivity index is 2.17. The number of nitrogens with one attached hydrogen (secondary N) is 2. The van der Waals surface area contributed by atoms with Crippen molar-refractivity contribution in [2.75, 3.05) is 12.3 Å². The summed E-state index contributed by atoms with van der Waals surface area (Å²) in [6, 6.07) is 11.2. The molecule has 2 aromatic rings. The van der Waals surface area contributed by atoms with Crippen LogP contribution in [0.15, 0.2) is 42.5 Å². The molecule has 0 aliphatic rings. The number of carbonyl (C=O) groups is 3. The van der Waals surface area contributed by atoms with Crippen molar-refractivity contribution in [2.24, 2.45) is 5.73 Å². The second-order valence-corrected chi connectivity index (χ2v) is 7.30. The van der Waals surface area contributed by atoms with Crippen molar-refractivity contribution in [2.45, 2.75) is 39.3 Å². The maximum absolute atomic E-state index is 12.8. The number of nitrogen functional groups attached to an aromatic ring is 1. The third kappa shape index (κ3) is 6.80. The maximum atomic E-state index is 12.8. The van der Waals surface area contributed by atoms with Gasteiger partial charge in [0.15, 0.2) is 0 Å². The molecule has 6 N–H and O–H groups in total. The van der Waals surface area contributed by atoms with Gasteiger partial charge in [-0.2, -0.15) is 0 Å². The number of hydrogen-bond donors (Lipinski definition) is 4. The van der Waals surface area contributed by atoms with Crippen LogP contribution in [0.1, 0.15) is 35.3 Å². The zero-order chi connectivity index (χ0) is 22.3. The van der Waals surface area contributed by atoms with Crippen LogP contribution in [0.2, 0.25) is 0 Å². The molecule has 0 spiro atoms. The molecule has 0 bridgehead atoms. The van der Waals surface area contributed by atoms with Crippen LogP contribution in [0.4, 0.5) is 5.69 Å². The van der Waals surface area contributed by atoms with Gasteiger partial charge in [-0.1, -0.05) is 12.1 Å². The van der Waals surface area contributed by atoms with Gasteiger partial charge in [0, 0.05) is 17.7 Å². The van der Waals surface area contributed by atoms with Gasteiger partial charge < -0.3 is 26.8 Å². The fraction of sp³-hybridized carbons (Fsp3) is 0.318. The SMILES string of the molecule is Cc1cc(C(=O)NC(Cc2ccc(N)cc2)C(=O)NCC(N)=O)ccc1OC(C)C. The number of amides is 3. The molecule has 3 amide bonds. The third-order valence-corrected chi connectivity index (χ3v) is 4.28. The Hall–Kier alpha value is -3.55. The first-order valence-electron chi connectivity index (χ1n) is 9.64. The van der Waals surface area contributed by atoms with Gasteiger partial charge >= 0.3 is 0 Å². The number of nitrogens with two attached hydrogens (primary N) is 2. The standard InChI is InChI=1S/C22H28N4O4/c1-13(2)30-19-9-6-16(10-14(19)3)21(28)26-18(22(29)25-12-20(24)27)11-15-4-7-17(23)8-5-15/h4-10,13,18H,11-12,23H2,1-3H3,(H2,24,27)(H,25,29)(H,26,28). The van der Waals surface area contributed by atoms with Crippen LogP contribution >= 0.6 is 0 Å². The fourth-order valence-corrected chi connectivity index (χ4v) is 2.81. The number of primary amides is 1. The number of benzene rings is 2. The van der Waals surface area contributed by atoms with Gasteiger partial charge in [-0.15, -0.1) is 0 Å². The Morgan fingerprint density at radius 2 is 1.73 bits per heavy atom. The zero-order valence-corrected chi connectivity index (χ0v) is 17.4. The highest BCUT2D eigenvalue weighted by atomic mass is 16.5. The lowest BCUT2D eigenvalue weighted by molar-refractivity contribution is -0.126. The van der Waals surface area contributed by atoms with E-state index in [-0.39, 0.29) is 19.1 Å². The summed E-state index contributed by atoms with van der Waals surface area (Å²) in [6.07, 6.45) is 0.242. The topological polar surface area (TPSA) is 137 Å². The van der Waals surface area contributed by atoms with Gasteiger partial charge in [0.05, 0.1) is 12.6 Å². The second-order valence-electron chi connectivity index (χ2n) is 7.30. The Labute approximate surface area is 176 Å². The summed E-state index contributed by atoms with van der Waals surface area (Å²) in [6.45, 7) is 5.38. The van der Waals surface area contributed by atoms with Gasteiger partial charge in [-0.3, -0.25) is 14.4 Å². The average Bonchev–Trinajstić information content (AvgIpc) is 2.68. The molecule has 2 rings (SSSR count). The summed E-state index contributed by atoms with van der Waals surface area (Å²) in [5.41, 5.74) is 13.4. The summed E-state index contributed by atoms with van der Waals surface area (Å²) >= 11 is 0. The molecule has 0 aromatic heterocycles. The largest absolute Gasteiger partial charge is 0.491 e. The first kappa shape index (κ1) is 22.7. The van der Waals surface area contributed by atoms with E-state index in [1.807, 2.05) is 20.8 Å². The van der Waals surface area contributed by atoms with Crippen molar-refractivity contribution in [3.8, 4) is 5.75 Å². The minimum Gasteiger partial charge on any atom is -0.491 e. The maximum Gasteiger partial charge on any atom is 0.251 e. The van der Waals surface area contributed by atoms with Crippen LogP contribution in [0.3, 0.4) is 0 Å². The molecular weight excluding hydrogens is 384 g/mol. The van der Waals surface area contributed by atoms with Crippen molar-refractivity contribution in [1.82, 2.24) is 10.6 Å². The van der Waals surface area contributed by atoms with Gasteiger partial charge in [0.25, 0.3) is 5.91 Å². The molecule has 0 aliphatic carbocycles. The molecule has 2 aromatic carbocycles. The average molecular weight is 412 g/mol. The molecule has 30 heavy (non-hydrogen) atoms. The lowest BCUT2D eigenvalue weighted by atomic mass is 10.0. The third-order valence-electron chi connectivity index (χ3n) is 4.28. The Morgan fingerprint density at radius 3 is 2.30 bits per heavy atom. The quantitative estimate of drug-likeness (QED) is 0.460. The second kappa shape index (κ2) is 10.3. The van der Waals surface area contributed by atoms with E-state index in [1.165, 1.54) is 0 Å². The van der Waals surface area contributed by atoms with E-state index in [9.17, 15) is 14.4 Å². The van der Waals surface area contributed by atoms with E-state index in [2.05, 4.69) is 10.6 Å². The molecular formula is C22H28N4O4. The number of anilines is 1. The monoisotopic (exact) mass is 412 g/mol. The highest BCUT2D eigenvalue weighted by Crippen LogP contribution is 2.20. The van der Waals surface area contributed by atoms with Gasteiger partial charge in [0.1, 0.15) is 11.8 Å². The highest BCUT2D eigenvalue weighted by Gasteiger charge is 2.22. The molecule has 1 atom stereocenters. The first-order valence-corrected chi connectivity index (χ1v) is 9.64.